The highest BCUT2D eigenvalue weighted by Gasteiger charge is 2.28. The number of ether oxygens (including phenoxy) is 1. The van der Waals surface area contributed by atoms with Crippen LogP contribution in [0.2, 0.25) is 0 Å². The van der Waals surface area contributed by atoms with Crippen molar-refractivity contribution < 1.29 is 13.2 Å². The number of sulfonamides is 1. The van der Waals surface area contributed by atoms with Gasteiger partial charge in [-0.15, -0.1) is 0 Å². The highest BCUT2D eigenvalue weighted by molar-refractivity contribution is 7.89. The van der Waals surface area contributed by atoms with Crippen molar-refractivity contribution >= 4 is 15.9 Å². The molecule has 1 fully saturated rings. The number of nitrogens with zero attached hydrogens (tertiary/aromatic N) is 4. The molecule has 0 bridgehead atoms. The molecule has 31 heavy (non-hydrogen) atoms. The van der Waals surface area contributed by atoms with Crippen LogP contribution in [0.25, 0.3) is 0 Å². The van der Waals surface area contributed by atoms with E-state index in [2.05, 4.69) is 22.7 Å². The second-order valence-electron chi connectivity index (χ2n) is 7.67. The molecule has 1 saturated heterocycles. The summed E-state index contributed by atoms with van der Waals surface area (Å²) in [5, 5.41) is 3.19. The summed E-state index contributed by atoms with van der Waals surface area (Å²) >= 11 is 0. The second kappa shape index (κ2) is 8.97. The number of rotatable bonds is 7. The second-order valence-corrected chi connectivity index (χ2v) is 9.61. The van der Waals surface area contributed by atoms with Gasteiger partial charge < -0.3 is 10.1 Å². The number of aliphatic imine (C=N–C) groups is 1. The lowest BCUT2D eigenvalue weighted by Gasteiger charge is -2.27. The van der Waals surface area contributed by atoms with Crippen LogP contribution in [0.1, 0.15) is 43.0 Å². The van der Waals surface area contributed by atoms with E-state index in [1.165, 1.54) is 4.31 Å². The summed E-state index contributed by atoms with van der Waals surface area (Å²) in [6.07, 6.45) is 1.82. The van der Waals surface area contributed by atoms with E-state index >= 15 is 0 Å². The minimum atomic E-state index is -3.59. The molecule has 0 unspecified atom stereocenters. The third-order valence-electron chi connectivity index (χ3n) is 5.54. The fraction of sp³-hybridized carbons (Fsp3) is 0.524. The number of fused-ring (bicyclic) bond motifs is 1. The molecule has 0 spiro atoms. The number of benzene rings is 1. The van der Waals surface area contributed by atoms with Crippen LogP contribution in [-0.2, 0) is 23.0 Å². The number of aromatic nitrogens is 2. The SMILES string of the molecule is CCCc1nc(C)c2n1NC(c1cc(S(=O)(=O)N3CCNCC3)ccc1OCC)=NC2. The first-order valence-corrected chi connectivity index (χ1v) is 12.3. The predicted octanol–water partition coefficient (Wildman–Crippen LogP) is 1.64. The average molecular weight is 447 g/mol. The van der Waals surface area contributed by atoms with E-state index in [0.717, 1.165) is 30.1 Å². The van der Waals surface area contributed by atoms with Crippen molar-refractivity contribution in [2.45, 2.75) is 45.1 Å². The van der Waals surface area contributed by atoms with Crippen molar-refractivity contribution in [3.8, 4) is 5.75 Å². The molecule has 4 rings (SSSR count). The van der Waals surface area contributed by atoms with Gasteiger partial charge in [0.2, 0.25) is 10.0 Å². The van der Waals surface area contributed by atoms with Gasteiger partial charge in [0, 0.05) is 32.6 Å². The summed E-state index contributed by atoms with van der Waals surface area (Å²) in [7, 11) is -3.59. The zero-order valence-corrected chi connectivity index (χ0v) is 19.1. The molecule has 3 heterocycles. The Morgan fingerprint density at radius 1 is 1.19 bits per heavy atom. The minimum Gasteiger partial charge on any atom is -0.493 e. The molecule has 0 aliphatic carbocycles. The van der Waals surface area contributed by atoms with Gasteiger partial charge in [-0.3, -0.25) is 10.4 Å². The Morgan fingerprint density at radius 2 is 1.97 bits per heavy atom. The fourth-order valence-corrected chi connectivity index (χ4v) is 5.41. The first kappa shape index (κ1) is 21.8. The van der Waals surface area contributed by atoms with Gasteiger partial charge in [0.1, 0.15) is 11.6 Å². The summed E-state index contributed by atoms with van der Waals surface area (Å²) < 4.78 is 35.7. The molecule has 0 atom stereocenters. The van der Waals surface area contributed by atoms with E-state index in [9.17, 15) is 8.42 Å². The maximum atomic E-state index is 13.2. The largest absolute Gasteiger partial charge is 0.493 e. The van der Waals surface area contributed by atoms with Crippen LogP contribution in [0.3, 0.4) is 0 Å². The van der Waals surface area contributed by atoms with E-state index in [0.29, 0.717) is 56.5 Å². The maximum Gasteiger partial charge on any atom is 0.243 e. The van der Waals surface area contributed by atoms with E-state index in [4.69, 9.17) is 9.73 Å². The van der Waals surface area contributed by atoms with E-state index in [1.54, 1.807) is 18.2 Å². The Labute approximate surface area is 183 Å². The lowest BCUT2D eigenvalue weighted by atomic mass is 10.1. The molecule has 2 N–H and O–H groups in total. The number of amidine groups is 1. The molecule has 2 aliphatic heterocycles. The van der Waals surface area contributed by atoms with Crippen molar-refractivity contribution in [3.05, 3.63) is 41.0 Å². The van der Waals surface area contributed by atoms with Crippen molar-refractivity contribution in [1.82, 2.24) is 19.3 Å². The summed E-state index contributed by atoms with van der Waals surface area (Å²) in [6, 6.07) is 5.01. The van der Waals surface area contributed by atoms with Crippen molar-refractivity contribution in [2.75, 3.05) is 38.2 Å². The maximum absolute atomic E-state index is 13.2. The van der Waals surface area contributed by atoms with E-state index < -0.39 is 10.0 Å². The molecule has 0 radical (unpaired) electrons. The molecule has 2 aromatic rings. The van der Waals surface area contributed by atoms with Crippen LogP contribution in [0.5, 0.6) is 5.75 Å². The Balaban J connectivity index is 1.72. The summed E-state index contributed by atoms with van der Waals surface area (Å²) in [4.78, 5) is 9.62. The van der Waals surface area contributed by atoms with Crippen LogP contribution >= 0.6 is 0 Å². The molecule has 9 nitrogen and oxygen atoms in total. The third-order valence-corrected chi connectivity index (χ3v) is 7.44. The number of piperazine rings is 1. The molecule has 1 aromatic heterocycles. The van der Waals surface area contributed by atoms with Gasteiger partial charge in [0.05, 0.1) is 35.0 Å². The first-order chi connectivity index (χ1) is 15.0. The lowest BCUT2D eigenvalue weighted by molar-refractivity contribution is 0.339. The van der Waals surface area contributed by atoms with E-state index in [-0.39, 0.29) is 4.90 Å². The standard InChI is InChI=1S/C21H30N6O3S/c1-4-6-20-24-15(3)18-14-23-21(25-27(18)20)17-13-16(7-8-19(17)30-5-2)31(28,29)26-11-9-22-10-12-26/h7-8,13,22H,4-6,9-12,14H2,1-3H3,(H,23,25). The number of aryl methyl sites for hydroxylation is 2. The Bertz CT molecular complexity index is 1090. The fourth-order valence-electron chi connectivity index (χ4n) is 3.94. The number of nitrogens with one attached hydrogen (secondary N) is 2. The average Bonchev–Trinajstić information content (AvgIpc) is 3.10. The quantitative estimate of drug-likeness (QED) is 0.671. The van der Waals surface area contributed by atoms with Crippen LogP contribution in [-0.4, -0.2) is 61.0 Å². The Kier molecular flexibility index (Phi) is 6.31. The van der Waals surface area contributed by atoms with Gasteiger partial charge in [-0.05, 0) is 38.5 Å². The Morgan fingerprint density at radius 3 is 2.68 bits per heavy atom. The predicted molar refractivity (Wildman–Crippen MR) is 120 cm³/mol. The molecule has 0 amide bonds. The van der Waals surface area contributed by atoms with Crippen LogP contribution in [0.4, 0.5) is 0 Å². The number of hydrogen-bond acceptors (Lipinski definition) is 7. The smallest absolute Gasteiger partial charge is 0.243 e. The van der Waals surface area contributed by atoms with Gasteiger partial charge in [-0.25, -0.2) is 18.1 Å². The molecule has 10 heteroatoms. The third kappa shape index (κ3) is 4.19. The van der Waals surface area contributed by atoms with Crippen LogP contribution in [0.15, 0.2) is 28.1 Å². The molecular formula is C21H30N6O3S. The monoisotopic (exact) mass is 446 g/mol. The molecule has 0 saturated carbocycles. The zero-order chi connectivity index (χ0) is 22.0. The van der Waals surface area contributed by atoms with Gasteiger partial charge in [0.25, 0.3) is 0 Å². The van der Waals surface area contributed by atoms with Crippen molar-refractivity contribution in [1.29, 1.82) is 0 Å². The van der Waals surface area contributed by atoms with Crippen LogP contribution in [0, 0.1) is 6.92 Å². The highest BCUT2D eigenvalue weighted by Crippen LogP contribution is 2.27. The number of imidazole rings is 1. The first-order valence-electron chi connectivity index (χ1n) is 10.8. The number of hydrogen-bond donors (Lipinski definition) is 2. The molecular weight excluding hydrogens is 416 g/mol. The molecule has 1 aromatic carbocycles. The summed E-state index contributed by atoms with van der Waals surface area (Å²) in [5.74, 6) is 2.14. The van der Waals surface area contributed by atoms with Crippen LogP contribution < -0.4 is 15.5 Å². The van der Waals surface area contributed by atoms with Gasteiger partial charge in [-0.1, -0.05) is 6.92 Å². The van der Waals surface area contributed by atoms with Gasteiger partial charge in [0.15, 0.2) is 5.84 Å². The van der Waals surface area contributed by atoms with Crippen molar-refractivity contribution in [3.63, 3.8) is 0 Å². The van der Waals surface area contributed by atoms with Gasteiger partial charge in [-0.2, -0.15) is 4.31 Å². The molecule has 168 valence electrons. The molecule has 2 aliphatic rings. The zero-order valence-electron chi connectivity index (χ0n) is 18.3. The van der Waals surface area contributed by atoms with Crippen molar-refractivity contribution in [2.24, 2.45) is 4.99 Å². The highest BCUT2D eigenvalue weighted by atomic mass is 32.2. The van der Waals surface area contributed by atoms with E-state index in [1.807, 2.05) is 18.5 Å². The minimum absolute atomic E-state index is 0.249. The lowest BCUT2D eigenvalue weighted by Crippen LogP contribution is -2.46. The normalized spacial score (nSPS) is 17.1. The summed E-state index contributed by atoms with van der Waals surface area (Å²) in [6.45, 7) is 9.19. The topological polar surface area (TPSA) is 101 Å². The Hall–Kier alpha value is -2.43. The summed E-state index contributed by atoms with van der Waals surface area (Å²) in [5.41, 5.74) is 5.97. The van der Waals surface area contributed by atoms with Gasteiger partial charge >= 0.3 is 0 Å².